The minimum absolute atomic E-state index is 0.171. The van der Waals surface area contributed by atoms with Gasteiger partial charge < -0.3 is 4.74 Å². The van der Waals surface area contributed by atoms with Crippen molar-refractivity contribution in [3.05, 3.63) is 71.0 Å². The lowest BCUT2D eigenvalue weighted by molar-refractivity contribution is -0.682. The molecule has 8 heteroatoms. The number of benzene rings is 2. The molecule has 0 saturated heterocycles. The quantitative estimate of drug-likeness (QED) is 0.604. The summed E-state index contributed by atoms with van der Waals surface area (Å²) >= 11 is 1.59. The zero-order valence-electron chi connectivity index (χ0n) is 17.4. The number of hydrogen-bond donors (Lipinski definition) is 0. The van der Waals surface area contributed by atoms with Crippen LogP contribution in [0.1, 0.15) is 35.6 Å². The van der Waals surface area contributed by atoms with E-state index in [0.717, 1.165) is 38.9 Å². The van der Waals surface area contributed by atoms with E-state index in [2.05, 4.69) is 41.8 Å². The molecule has 5 rings (SSSR count). The lowest BCUT2D eigenvalue weighted by Crippen LogP contribution is -2.40. The highest BCUT2D eigenvalue weighted by atomic mass is 32.2. The molecule has 1 aromatic heterocycles. The molecule has 0 fully saturated rings. The minimum Gasteiger partial charge on any atom is -0.496 e. The SMILES string of the molecule is COc1ccccc1C[n+]1c(C)nn2c1N=C1SC(C)=NN1[C@@H]2c1ccc(C)cc1. The third-order valence-electron chi connectivity index (χ3n) is 5.33. The Labute approximate surface area is 179 Å². The van der Waals surface area contributed by atoms with E-state index in [-0.39, 0.29) is 6.17 Å². The molecule has 0 saturated carbocycles. The van der Waals surface area contributed by atoms with Gasteiger partial charge >= 0.3 is 5.95 Å². The number of ether oxygens (including phenoxy) is 1. The molecule has 152 valence electrons. The van der Waals surface area contributed by atoms with Crippen LogP contribution in [-0.4, -0.2) is 32.1 Å². The summed E-state index contributed by atoms with van der Waals surface area (Å²) in [7, 11) is 1.70. The highest BCUT2D eigenvalue weighted by Crippen LogP contribution is 2.38. The average molecular weight is 420 g/mol. The highest BCUT2D eigenvalue weighted by Gasteiger charge is 2.44. The number of aliphatic imine (C=N–C) groups is 1. The number of nitrogens with zero attached hydrogens (tertiary/aromatic N) is 6. The van der Waals surface area contributed by atoms with Gasteiger partial charge in [0.05, 0.1) is 18.7 Å². The van der Waals surface area contributed by atoms with E-state index in [1.165, 1.54) is 5.56 Å². The van der Waals surface area contributed by atoms with Gasteiger partial charge in [0.1, 0.15) is 5.75 Å². The van der Waals surface area contributed by atoms with Crippen LogP contribution >= 0.6 is 11.8 Å². The van der Waals surface area contributed by atoms with E-state index < -0.39 is 0 Å². The molecule has 0 bridgehead atoms. The molecule has 30 heavy (non-hydrogen) atoms. The van der Waals surface area contributed by atoms with Crippen molar-refractivity contribution in [3.63, 3.8) is 0 Å². The van der Waals surface area contributed by atoms with Crippen LogP contribution in [0, 0.1) is 13.8 Å². The Hall–Kier alpha value is -3.13. The number of hydrogen-bond acceptors (Lipinski definition) is 6. The molecular formula is C22H23N6OS+. The molecule has 0 spiro atoms. The second-order valence-electron chi connectivity index (χ2n) is 7.43. The van der Waals surface area contributed by atoms with Crippen LogP contribution in [0.4, 0.5) is 5.95 Å². The monoisotopic (exact) mass is 419 g/mol. The van der Waals surface area contributed by atoms with E-state index in [9.17, 15) is 0 Å². The third-order valence-corrected chi connectivity index (χ3v) is 6.17. The van der Waals surface area contributed by atoms with Crippen LogP contribution in [0.15, 0.2) is 58.6 Å². The summed E-state index contributed by atoms with van der Waals surface area (Å²) in [6, 6.07) is 16.6. The summed E-state index contributed by atoms with van der Waals surface area (Å²) in [5, 5.41) is 13.4. The summed E-state index contributed by atoms with van der Waals surface area (Å²) in [6.45, 7) is 6.75. The predicted octanol–water partition coefficient (Wildman–Crippen LogP) is 3.77. The number of amidine groups is 1. The van der Waals surface area contributed by atoms with Gasteiger partial charge in [0.15, 0.2) is 0 Å². The van der Waals surface area contributed by atoms with E-state index >= 15 is 0 Å². The van der Waals surface area contributed by atoms with Gasteiger partial charge in [-0.15, -0.1) is 0 Å². The number of methoxy groups -OCH3 is 1. The molecule has 0 N–H and O–H groups in total. The van der Waals surface area contributed by atoms with Crippen LogP contribution in [0.5, 0.6) is 5.75 Å². The van der Waals surface area contributed by atoms with Gasteiger partial charge in [0.2, 0.25) is 12.0 Å². The van der Waals surface area contributed by atoms with Crippen LogP contribution in [0.2, 0.25) is 0 Å². The van der Waals surface area contributed by atoms with Crippen LogP contribution < -0.4 is 9.30 Å². The van der Waals surface area contributed by atoms with Crippen LogP contribution in [-0.2, 0) is 6.54 Å². The summed E-state index contributed by atoms with van der Waals surface area (Å²) in [4.78, 5) is 4.94. The number of rotatable bonds is 4. The molecule has 2 aromatic carbocycles. The fourth-order valence-corrected chi connectivity index (χ4v) is 4.58. The maximum Gasteiger partial charge on any atom is 0.387 e. The number of fused-ring (bicyclic) bond motifs is 2. The summed E-state index contributed by atoms with van der Waals surface area (Å²) < 4.78 is 9.67. The van der Waals surface area contributed by atoms with Gasteiger partial charge in [0, 0.05) is 18.1 Å². The second kappa shape index (κ2) is 7.28. The van der Waals surface area contributed by atoms with Crippen molar-refractivity contribution in [2.75, 3.05) is 7.11 Å². The minimum atomic E-state index is -0.171. The van der Waals surface area contributed by atoms with Crippen LogP contribution in [0.3, 0.4) is 0 Å². The lowest BCUT2D eigenvalue weighted by Gasteiger charge is -2.25. The van der Waals surface area contributed by atoms with Crippen molar-refractivity contribution in [1.82, 2.24) is 14.8 Å². The normalized spacial score (nSPS) is 17.3. The fraction of sp³-hybridized carbons (Fsp3) is 0.273. The van der Waals surface area contributed by atoms with Crippen LogP contribution in [0.25, 0.3) is 0 Å². The Balaban J connectivity index is 1.64. The van der Waals surface area contributed by atoms with Gasteiger partial charge in [-0.1, -0.05) is 57.7 Å². The Morgan fingerprint density at radius 1 is 1.07 bits per heavy atom. The zero-order valence-corrected chi connectivity index (χ0v) is 18.2. The molecule has 2 aliphatic rings. The van der Waals surface area contributed by atoms with E-state index in [0.29, 0.717) is 6.54 Å². The Kier molecular flexibility index (Phi) is 4.58. The first-order valence-corrected chi connectivity index (χ1v) is 10.6. The second-order valence-corrected chi connectivity index (χ2v) is 8.59. The molecule has 0 aliphatic carbocycles. The van der Waals surface area contributed by atoms with E-state index in [4.69, 9.17) is 19.9 Å². The lowest BCUT2D eigenvalue weighted by atomic mass is 10.1. The Bertz CT molecular complexity index is 1180. The molecule has 1 atom stereocenters. The van der Waals surface area contributed by atoms with Crippen molar-refractivity contribution in [2.24, 2.45) is 10.1 Å². The fourth-order valence-electron chi connectivity index (χ4n) is 3.82. The van der Waals surface area contributed by atoms with Crippen molar-refractivity contribution < 1.29 is 9.30 Å². The van der Waals surface area contributed by atoms with Gasteiger partial charge in [-0.3, -0.25) is 0 Å². The average Bonchev–Trinajstić information content (AvgIpc) is 3.26. The van der Waals surface area contributed by atoms with E-state index in [1.54, 1.807) is 18.9 Å². The third kappa shape index (κ3) is 3.08. The number of hydrazone groups is 1. The van der Waals surface area contributed by atoms with Crippen molar-refractivity contribution in [2.45, 2.75) is 33.5 Å². The summed E-state index contributed by atoms with van der Waals surface area (Å²) in [5.74, 6) is 2.57. The predicted molar refractivity (Wildman–Crippen MR) is 118 cm³/mol. The van der Waals surface area contributed by atoms with Crippen molar-refractivity contribution >= 4 is 27.9 Å². The van der Waals surface area contributed by atoms with Gasteiger partial charge in [-0.25, -0.2) is 4.57 Å². The molecule has 3 aromatic rings. The number of aromatic nitrogens is 3. The Morgan fingerprint density at radius 3 is 2.60 bits per heavy atom. The number of aryl methyl sites for hydroxylation is 2. The maximum atomic E-state index is 5.56. The van der Waals surface area contributed by atoms with Gasteiger partial charge in [-0.05, 0) is 36.8 Å². The molecule has 0 unspecified atom stereocenters. The van der Waals surface area contributed by atoms with Gasteiger partial charge in [0.25, 0.3) is 5.17 Å². The molecular weight excluding hydrogens is 396 g/mol. The Morgan fingerprint density at radius 2 is 1.83 bits per heavy atom. The molecule has 3 heterocycles. The van der Waals surface area contributed by atoms with Gasteiger partial charge in [-0.2, -0.15) is 10.1 Å². The summed E-state index contributed by atoms with van der Waals surface area (Å²) in [6.07, 6.45) is -0.171. The van der Waals surface area contributed by atoms with E-state index in [1.807, 2.05) is 41.7 Å². The molecule has 2 aliphatic heterocycles. The number of thioether (sulfide) groups is 1. The highest BCUT2D eigenvalue weighted by molar-refractivity contribution is 8.26. The first-order valence-electron chi connectivity index (χ1n) is 9.83. The molecule has 0 amide bonds. The smallest absolute Gasteiger partial charge is 0.387 e. The zero-order chi connectivity index (χ0) is 20.8. The summed E-state index contributed by atoms with van der Waals surface area (Å²) in [5.41, 5.74) is 3.44. The van der Waals surface area contributed by atoms with Crippen molar-refractivity contribution in [3.8, 4) is 5.75 Å². The molecule has 0 radical (unpaired) electrons. The first kappa shape index (κ1) is 18.9. The maximum absolute atomic E-state index is 5.56. The number of para-hydroxylation sites is 1. The standard InChI is InChI=1S/C22H23N6OS/c1-14-9-11-17(12-10-14)20-27-21(23-22-28(20)25-16(3)30-22)26(15(2)24-27)13-18-7-5-6-8-19(18)29-4/h5-12,20H,13H2,1-4H3/q+1/t20-/m1/s1. The van der Waals surface area contributed by atoms with Crippen molar-refractivity contribution in [1.29, 1.82) is 0 Å². The topological polar surface area (TPSA) is 58.9 Å². The first-order chi connectivity index (χ1) is 14.5. The largest absolute Gasteiger partial charge is 0.496 e. The molecule has 7 nitrogen and oxygen atoms in total.